The second-order valence-corrected chi connectivity index (χ2v) is 11.2. The van der Waals surface area contributed by atoms with Crippen LogP contribution in [-0.2, 0) is 15.9 Å². The van der Waals surface area contributed by atoms with E-state index >= 15 is 4.39 Å². The lowest BCUT2D eigenvalue weighted by molar-refractivity contribution is 0.00706. The zero-order chi connectivity index (χ0) is 26.7. The van der Waals surface area contributed by atoms with Crippen LogP contribution in [0.3, 0.4) is 0 Å². The first kappa shape index (κ1) is 25.3. The molecular weight excluding hydrogens is 531 g/mol. The van der Waals surface area contributed by atoms with Gasteiger partial charge in [-0.3, -0.25) is 0 Å². The summed E-state index contributed by atoms with van der Waals surface area (Å²) >= 11 is 6.55. The Kier molecular flexibility index (Phi) is 6.51. The summed E-state index contributed by atoms with van der Waals surface area (Å²) < 4.78 is 38.5. The number of benzene rings is 1. The number of hydrogen-bond acceptors (Lipinski definition) is 9. The van der Waals surface area contributed by atoms with Crippen molar-refractivity contribution in [3.63, 3.8) is 0 Å². The van der Waals surface area contributed by atoms with Crippen LogP contribution in [0.25, 0.3) is 11.2 Å². The lowest BCUT2D eigenvalue weighted by Crippen LogP contribution is -2.34. The predicted octanol–water partition coefficient (Wildman–Crippen LogP) is 3.44. The Morgan fingerprint density at radius 2 is 1.82 bits per heavy atom. The predicted molar refractivity (Wildman–Crippen MR) is 139 cm³/mol. The zero-order valence-corrected chi connectivity index (χ0v) is 21.9. The number of aliphatic hydroxyl groups is 2. The van der Waals surface area contributed by atoms with Crippen LogP contribution in [0, 0.1) is 5.82 Å². The molecule has 39 heavy (non-hydrogen) atoms. The number of ether oxygens (including phenoxy) is 4. The summed E-state index contributed by atoms with van der Waals surface area (Å²) in [4.78, 5) is 12.1. The van der Waals surface area contributed by atoms with E-state index in [4.69, 9.17) is 30.5 Å². The molecule has 2 aliphatic carbocycles. The van der Waals surface area contributed by atoms with Crippen molar-refractivity contribution in [2.45, 2.75) is 81.2 Å². The van der Waals surface area contributed by atoms with Gasteiger partial charge in [-0.05, 0) is 56.2 Å². The molecule has 0 unspecified atom stereocenters. The van der Waals surface area contributed by atoms with E-state index in [1.165, 1.54) is 6.07 Å². The van der Waals surface area contributed by atoms with E-state index in [0.29, 0.717) is 59.0 Å². The molecule has 5 atom stereocenters. The quantitative estimate of drug-likeness (QED) is 0.358. The smallest absolute Gasteiger partial charge is 0.296 e. The highest BCUT2D eigenvalue weighted by molar-refractivity contribution is 6.33. The minimum atomic E-state index is -0.662. The molecular formula is C27H30ClFN4O6. The number of hydrogen-bond donors (Lipinski definition) is 4. The number of aromatic nitrogens is 3. The second-order valence-electron chi connectivity index (χ2n) is 10.8. The fourth-order valence-electron chi connectivity index (χ4n) is 6.16. The van der Waals surface area contributed by atoms with E-state index in [-0.39, 0.29) is 49.4 Å². The van der Waals surface area contributed by atoms with E-state index in [0.717, 1.165) is 18.4 Å². The number of halogens is 2. The fraction of sp³-hybridized carbons (Fsp3) is 0.556. The van der Waals surface area contributed by atoms with Gasteiger partial charge in [0, 0.05) is 11.6 Å². The normalized spacial score (nSPS) is 31.8. The molecule has 2 saturated heterocycles. The van der Waals surface area contributed by atoms with Crippen molar-refractivity contribution in [1.82, 2.24) is 15.0 Å². The third kappa shape index (κ3) is 4.80. The molecule has 0 radical (unpaired) electrons. The highest BCUT2D eigenvalue weighted by Gasteiger charge is 2.48. The average molecular weight is 561 g/mol. The first-order valence-electron chi connectivity index (χ1n) is 13.5. The van der Waals surface area contributed by atoms with Crippen LogP contribution in [-0.4, -0.2) is 75.0 Å². The summed E-state index contributed by atoms with van der Waals surface area (Å²) in [7, 11) is 0. The second kappa shape index (κ2) is 10.0. The van der Waals surface area contributed by atoms with Gasteiger partial charge in [0.25, 0.3) is 6.01 Å². The summed E-state index contributed by atoms with van der Waals surface area (Å²) in [6.07, 6.45) is 2.25. The van der Waals surface area contributed by atoms with Crippen molar-refractivity contribution in [3.05, 3.63) is 40.2 Å². The summed E-state index contributed by atoms with van der Waals surface area (Å²) in [6.45, 7) is 0.500. The summed E-state index contributed by atoms with van der Waals surface area (Å²) in [5, 5.41) is 23.3. The van der Waals surface area contributed by atoms with Crippen molar-refractivity contribution in [2.24, 2.45) is 0 Å². The maximum Gasteiger partial charge on any atom is 0.296 e. The zero-order valence-electron chi connectivity index (χ0n) is 21.1. The SMILES string of the molecule is O[C@@H]1CO[C@H]2[C@@H]1OC[C@H]2Oc1nc2nc(N[C@H]3CCc4cc(O[C@H]5CC[C@@H](O)CC5)cc(F)c43)c(Cl)cc2[nH]1. The topological polar surface area (TPSA) is 131 Å². The lowest BCUT2D eigenvalue weighted by atomic mass is 9.95. The van der Waals surface area contributed by atoms with Gasteiger partial charge in [-0.1, -0.05) is 11.6 Å². The van der Waals surface area contributed by atoms with Crippen LogP contribution in [0.15, 0.2) is 18.2 Å². The van der Waals surface area contributed by atoms with Gasteiger partial charge in [0.2, 0.25) is 0 Å². The van der Waals surface area contributed by atoms with Gasteiger partial charge in [-0.25, -0.2) is 9.37 Å². The van der Waals surface area contributed by atoms with Gasteiger partial charge < -0.3 is 39.5 Å². The Labute approximate surface area is 228 Å². The molecule has 0 spiro atoms. The highest BCUT2D eigenvalue weighted by atomic mass is 35.5. The molecule has 208 valence electrons. The number of fused-ring (bicyclic) bond motifs is 3. The molecule has 10 nitrogen and oxygen atoms in total. The monoisotopic (exact) mass is 560 g/mol. The number of aliphatic hydroxyl groups excluding tert-OH is 2. The number of imidazole rings is 1. The molecule has 4 N–H and O–H groups in total. The maximum absolute atomic E-state index is 15.3. The van der Waals surface area contributed by atoms with E-state index in [1.54, 1.807) is 6.07 Å². The molecule has 0 bridgehead atoms. The Balaban J connectivity index is 1.06. The first-order valence-corrected chi connectivity index (χ1v) is 13.9. The van der Waals surface area contributed by atoms with Crippen molar-refractivity contribution >= 4 is 28.6 Å². The molecule has 4 heterocycles. The van der Waals surface area contributed by atoms with Crippen molar-refractivity contribution in [1.29, 1.82) is 0 Å². The number of nitrogens with zero attached hydrogens (tertiary/aromatic N) is 2. The van der Waals surface area contributed by atoms with Crippen molar-refractivity contribution in [3.8, 4) is 11.8 Å². The highest BCUT2D eigenvalue weighted by Crippen LogP contribution is 2.40. The number of rotatable bonds is 6. The Hall–Kier alpha value is -2.70. The molecule has 3 aromatic rings. The third-order valence-electron chi connectivity index (χ3n) is 8.15. The minimum absolute atomic E-state index is 0.00135. The van der Waals surface area contributed by atoms with Crippen LogP contribution >= 0.6 is 11.6 Å². The van der Waals surface area contributed by atoms with Crippen LogP contribution < -0.4 is 14.8 Å². The van der Waals surface area contributed by atoms with Crippen LogP contribution in [0.4, 0.5) is 10.2 Å². The third-order valence-corrected chi connectivity index (χ3v) is 8.43. The summed E-state index contributed by atoms with van der Waals surface area (Å²) in [5.41, 5.74) is 2.50. The van der Waals surface area contributed by atoms with E-state index in [9.17, 15) is 10.2 Å². The molecule has 1 saturated carbocycles. The Bertz CT molecular complexity index is 1380. The van der Waals surface area contributed by atoms with Crippen LogP contribution in [0.5, 0.6) is 11.8 Å². The number of H-pyrrole nitrogens is 1. The Morgan fingerprint density at radius 1 is 1.00 bits per heavy atom. The molecule has 3 fully saturated rings. The van der Waals surface area contributed by atoms with E-state index < -0.39 is 18.3 Å². The van der Waals surface area contributed by atoms with Crippen LogP contribution in [0.2, 0.25) is 5.02 Å². The van der Waals surface area contributed by atoms with Gasteiger partial charge in [0.15, 0.2) is 11.8 Å². The van der Waals surface area contributed by atoms with Crippen molar-refractivity contribution < 1.29 is 33.6 Å². The van der Waals surface area contributed by atoms with Gasteiger partial charge in [0.05, 0.1) is 42.0 Å². The van der Waals surface area contributed by atoms with E-state index in [2.05, 4.69) is 20.3 Å². The molecule has 4 aliphatic rings. The molecule has 2 aliphatic heterocycles. The number of pyridine rings is 1. The van der Waals surface area contributed by atoms with Gasteiger partial charge >= 0.3 is 0 Å². The lowest BCUT2D eigenvalue weighted by Gasteiger charge is -2.26. The number of aryl methyl sites for hydroxylation is 1. The fourth-order valence-corrected chi connectivity index (χ4v) is 6.37. The van der Waals surface area contributed by atoms with E-state index in [1.807, 2.05) is 6.07 Å². The molecule has 2 aromatic heterocycles. The first-order chi connectivity index (χ1) is 18.9. The maximum atomic E-state index is 15.3. The Morgan fingerprint density at radius 3 is 2.67 bits per heavy atom. The van der Waals surface area contributed by atoms with Gasteiger partial charge in [-0.2, -0.15) is 4.98 Å². The van der Waals surface area contributed by atoms with Gasteiger partial charge in [-0.15, -0.1) is 0 Å². The molecule has 12 heteroatoms. The van der Waals surface area contributed by atoms with Crippen LogP contribution in [0.1, 0.15) is 49.3 Å². The number of aromatic amines is 1. The minimum Gasteiger partial charge on any atom is -0.490 e. The average Bonchev–Trinajstić information content (AvgIpc) is 3.67. The number of nitrogens with one attached hydrogen (secondary N) is 2. The molecule has 1 aromatic carbocycles. The molecule has 7 rings (SSSR count). The largest absolute Gasteiger partial charge is 0.490 e. The summed E-state index contributed by atoms with van der Waals surface area (Å²) in [6, 6.07) is 5.03. The van der Waals surface area contributed by atoms with Crippen molar-refractivity contribution in [2.75, 3.05) is 18.5 Å². The molecule has 0 amide bonds. The summed E-state index contributed by atoms with van der Waals surface area (Å²) in [5.74, 6) is 0.621. The van der Waals surface area contributed by atoms with Gasteiger partial charge in [0.1, 0.15) is 35.7 Å². The standard InChI is InChI=1S/C27H30ClFN4O6/c28-16-9-19-26(33-27(31-19)39-21-11-37-23-20(35)10-36-24(21)23)32-25(16)30-18-6-1-12-7-15(8-17(29)22(12)18)38-14-4-2-13(34)3-5-14/h7-9,13-14,18,20-21,23-24,34-35H,1-6,10-11H2,(H2,30,31,32,33)/t13-,14+,18-,20+,21+,23+,24+/m0/s1. The number of anilines is 1.